The Labute approximate surface area is 447 Å². The summed E-state index contributed by atoms with van der Waals surface area (Å²) in [5.74, 6) is 2.11. The molecule has 0 bridgehead atoms. The normalized spacial score (nSPS) is 14.1. The van der Waals surface area contributed by atoms with Crippen molar-refractivity contribution in [3.8, 4) is 17.2 Å². The zero-order chi connectivity index (χ0) is 54.1. The van der Waals surface area contributed by atoms with Gasteiger partial charge in [-0.05, 0) is 149 Å². The molecule has 5 N–H and O–H groups in total. The fourth-order valence-corrected chi connectivity index (χ4v) is 9.30. The summed E-state index contributed by atoms with van der Waals surface area (Å²) >= 11 is 0. The fraction of sp³-hybridized carbons (Fsp3) is 0.350. The summed E-state index contributed by atoms with van der Waals surface area (Å²) in [6, 6.07) is 42.0. The number of hydrogen-bond donors (Lipinski definition) is 5. The Bertz CT molecular complexity index is 2870. The van der Waals surface area contributed by atoms with Crippen molar-refractivity contribution in [3.05, 3.63) is 178 Å². The number of fused-ring (bicyclic) bond motifs is 3. The van der Waals surface area contributed by atoms with Crippen molar-refractivity contribution >= 4 is 35.0 Å². The maximum absolute atomic E-state index is 12.9. The Morgan fingerprint density at radius 3 is 1.80 bits per heavy atom. The van der Waals surface area contributed by atoms with Crippen molar-refractivity contribution in [2.24, 2.45) is 0 Å². The summed E-state index contributed by atoms with van der Waals surface area (Å²) in [4.78, 5) is 45.3. The van der Waals surface area contributed by atoms with Crippen molar-refractivity contribution in [1.82, 2.24) is 30.7 Å². The van der Waals surface area contributed by atoms with Crippen LogP contribution in [-0.2, 0) is 24.1 Å². The lowest BCUT2D eigenvalue weighted by Gasteiger charge is -2.26. The van der Waals surface area contributed by atoms with E-state index in [1.54, 1.807) is 0 Å². The number of aryl methyl sites for hydroxylation is 1. The van der Waals surface area contributed by atoms with Gasteiger partial charge in [-0.1, -0.05) is 78.9 Å². The van der Waals surface area contributed by atoms with Gasteiger partial charge >= 0.3 is 12.1 Å². The van der Waals surface area contributed by atoms with Gasteiger partial charge in [-0.15, -0.1) is 0 Å². The molecule has 6 aromatic carbocycles. The third-order valence-electron chi connectivity index (χ3n) is 13.6. The molecule has 0 spiro atoms. The number of likely N-dealkylation sites (N-methyl/N-ethyl adjacent to an activating group) is 4. The number of ether oxygens (including phenoxy) is 3. The van der Waals surface area contributed by atoms with Gasteiger partial charge in [0.1, 0.15) is 24.8 Å². The number of para-hydroxylation sites is 1. The van der Waals surface area contributed by atoms with E-state index in [9.17, 15) is 18.8 Å². The molecule has 0 radical (unpaired) electrons. The molecule has 3 heterocycles. The van der Waals surface area contributed by atoms with Gasteiger partial charge in [-0.25, -0.2) is 14.0 Å². The molecule has 402 valence electrons. The van der Waals surface area contributed by atoms with Crippen LogP contribution in [0.1, 0.15) is 57.1 Å². The lowest BCUT2D eigenvalue weighted by Crippen LogP contribution is -2.37. The maximum atomic E-state index is 12.9. The Hall–Kier alpha value is -7.66. The second kappa shape index (κ2) is 27.2. The van der Waals surface area contributed by atoms with Crippen LogP contribution in [0.2, 0.25) is 0 Å². The minimum Gasteiger partial charge on any atom is -0.493 e. The zero-order valence-corrected chi connectivity index (χ0v) is 45.1. The largest absolute Gasteiger partial charge is 0.493 e. The lowest BCUT2D eigenvalue weighted by atomic mass is 10.0. The Kier molecular flexibility index (Phi) is 20.1. The Morgan fingerprint density at radius 1 is 0.566 bits per heavy atom. The summed E-state index contributed by atoms with van der Waals surface area (Å²) in [7, 11) is 14.2. The van der Waals surface area contributed by atoms with Gasteiger partial charge in [-0.3, -0.25) is 4.79 Å². The second-order valence-corrected chi connectivity index (χ2v) is 19.8. The highest BCUT2D eigenvalue weighted by Crippen LogP contribution is 2.33. The maximum Gasteiger partial charge on any atom is 0.319 e. The molecule has 3 aliphatic rings. The first kappa shape index (κ1) is 56.1. The van der Waals surface area contributed by atoms with E-state index in [0.717, 1.165) is 54.3 Å². The van der Waals surface area contributed by atoms with E-state index in [4.69, 9.17) is 14.2 Å². The van der Waals surface area contributed by atoms with E-state index in [1.165, 1.54) is 57.8 Å². The van der Waals surface area contributed by atoms with Crippen LogP contribution < -0.4 is 45.7 Å². The number of urea groups is 2. The van der Waals surface area contributed by atoms with Gasteiger partial charge in [-0.2, -0.15) is 0 Å². The number of hydrogen-bond acceptors (Lipinski definition) is 10. The monoisotopic (exact) mass is 1040 g/mol. The predicted molar refractivity (Wildman–Crippen MR) is 301 cm³/mol. The molecular formula is C60H74FN9O6. The van der Waals surface area contributed by atoms with Crippen LogP contribution in [0.4, 0.5) is 31.0 Å². The van der Waals surface area contributed by atoms with Crippen LogP contribution in [0, 0.1) is 12.7 Å². The smallest absolute Gasteiger partial charge is 0.319 e. The summed E-state index contributed by atoms with van der Waals surface area (Å²) in [6.07, 6.45) is 2.33. The SMILES string of the molecule is CN(C)C(CNC(=O)Cc1ccc2c(c1)OCCO2)c1ccccc1.CN1CCc2cc(C(CNC(=O)Nc3ccc(F)cc3)N(C)C)ccc21.Cc1ccccc1NC(=O)NCC(c1ccc2c(c1)CCO2)N(C)C. The highest BCUT2D eigenvalue weighted by atomic mass is 19.1. The van der Waals surface area contributed by atoms with Crippen molar-refractivity contribution in [2.75, 3.05) is 111 Å². The van der Waals surface area contributed by atoms with E-state index < -0.39 is 0 Å². The number of anilines is 3. The average molecular weight is 1040 g/mol. The lowest BCUT2D eigenvalue weighted by molar-refractivity contribution is -0.120. The summed E-state index contributed by atoms with van der Waals surface area (Å²) in [5.41, 5.74) is 10.8. The molecular weight excluding hydrogens is 962 g/mol. The summed E-state index contributed by atoms with van der Waals surface area (Å²) in [5, 5.41) is 14.6. The highest BCUT2D eigenvalue weighted by Gasteiger charge is 2.23. The molecule has 0 aromatic heterocycles. The number of halogens is 1. The van der Waals surface area contributed by atoms with Gasteiger partial charge in [0.15, 0.2) is 11.5 Å². The minimum atomic E-state index is -0.328. The van der Waals surface area contributed by atoms with Gasteiger partial charge in [0, 0.05) is 56.7 Å². The van der Waals surface area contributed by atoms with Crippen LogP contribution in [0.5, 0.6) is 17.2 Å². The van der Waals surface area contributed by atoms with Gasteiger partial charge in [0.25, 0.3) is 0 Å². The molecule has 16 heteroatoms. The molecule has 3 aliphatic heterocycles. The number of nitrogens with zero attached hydrogens (tertiary/aromatic N) is 4. The topological polar surface area (TPSA) is 152 Å². The van der Waals surface area contributed by atoms with Crippen LogP contribution in [0.25, 0.3) is 0 Å². The fourth-order valence-electron chi connectivity index (χ4n) is 9.30. The van der Waals surface area contributed by atoms with Crippen molar-refractivity contribution < 1.29 is 33.0 Å². The second-order valence-electron chi connectivity index (χ2n) is 19.8. The van der Waals surface area contributed by atoms with E-state index in [2.05, 4.69) is 95.7 Å². The molecule has 3 unspecified atom stereocenters. The average Bonchev–Trinajstić information content (AvgIpc) is 4.04. The molecule has 0 fully saturated rings. The Balaban J connectivity index is 0.000000166. The molecule has 9 rings (SSSR count). The number of rotatable bonds is 16. The molecule has 15 nitrogen and oxygen atoms in total. The van der Waals surface area contributed by atoms with E-state index >= 15 is 0 Å². The van der Waals surface area contributed by atoms with Crippen LogP contribution in [0.15, 0.2) is 133 Å². The van der Waals surface area contributed by atoms with Crippen LogP contribution in [-0.4, -0.2) is 128 Å². The van der Waals surface area contributed by atoms with Crippen LogP contribution in [0.3, 0.4) is 0 Å². The number of nitrogens with one attached hydrogen (secondary N) is 5. The highest BCUT2D eigenvalue weighted by molar-refractivity contribution is 5.90. The molecule has 0 saturated carbocycles. The minimum absolute atomic E-state index is 0.000501. The first-order valence-electron chi connectivity index (χ1n) is 25.8. The van der Waals surface area contributed by atoms with E-state index in [-0.39, 0.29) is 41.9 Å². The van der Waals surface area contributed by atoms with E-state index in [0.29, 0.717) is 50.7 Å². The van der Waals surface area contributed by atoms with Crippen molar-refractivity contribution in [3.63, 3.8) is 0 Å². The molecule has 76 heavy (non-hydrogen) atoms. The summed E-state index contributed by atoms with van der Waals surface area (Å²) in [6.45, 7) is 6.47. The molecule has 0 aliphatic carbocycles. The van der Waals surface area contributed by atoms with Gasteiger partial charge in [0.05, 0.1) is 31.2 Å². The molecule has 3 atom stereocenters. The number of carbonyl (C=O) groups excluding carboxylic acids is 3. The third kappa shape index (κ3) is 15.9. The van der Waals surface area contributed by atoms with Gasteiger partial charge < -0.3 is 60.4 Å². The molecule has 5 amide bonds. The summed E-state index contributed by atoms with van der Waals surface area (Å²) < 4.78 is 29.6. The number of amides is 5. The molecule has 0 saturated heterocycles. The Morgan fingerprint density at radius 2 is 1.13 bits per heavy atom. The van der Waals surface area contributed by atoms with Crippen molar-refractivity contribution in [1.29, 1.82) is 0 Å². The van der Waals surface area contributed by atoms with Crippen LogP contribution >= 0.6 is 0 Å². The number of carbonyl (C=O) groups is 3. The quantitative estimate of drug-likeness (QED) is 0.0636. The first-order chi connectivity index (χ1) is 36.6. The number of benzene rings is 6. The van der Waals surface area contributed by atoms with E-state index in [1.807, 2.05) is 116 Å². The zero-order valence-electron chi connectivity index (χ0n) is 45.1. The first-order valence-corrected chi connectivity index (χ1v) is 25.8. The van der Waals surface area contributed by atoms with Crippen molar-refractivity contribution in [2.45, 2.75) is 44.3 Å². The molecule has 6 aromatic rings. The predicted octanol–water partition coefficient (Wildman–Crippen LogP) is 9.02. The van der Waals surface area contributed by atoms with Gasteiger partial charge in [0.2, 0.25) is 5.91 Å². The standard InChI is InChI=1S/C20H25FN4O.C20H25N3O2.C20H24N2O3/c1-24(2)19(14-4-9-18-15(12-14)10-11-25(18)3)13-22-20(26)23-17-7-5-16(21)6-8-17;1-14-6-4-5-7-17(14)22-20(24)21-13-18(23(2)3)15-8-9-19-16(12-15)10-11-25-19;1-22(2)17(16-6-4-3-5-7-16)14-21-20(23)13-15-8-9-18-19(12-15)25-11-10-24-18/h4-9,12,19H,10-11,13H2,1-3H3,(H2,22,23,26);4-9,12,18H,10-11,13H2,1-3H3,(H2,21,22,24);3-9,12,17H,10-11,13-14H2,1-2H3,(H,21,23). The third-order valence-corrected chi connectivity index (χ3v) is 13.6.